The molecule has 0 atom stereocenters. The number of nitrogens with zero attached hydrogens (tertiary/aromatic N) is 1. The Labute approximate surface area is 123 Å². The predicted molar refractivity (Wildman–Crippen MR) is 83.7 cm³/mol. The molecule has 1 aromatic rings. The highest BCUT2D eigenvalue weighted by molar-refractivity contribution is 5.79. The number of hydrogen-bond acceptors (Lipinski definition) is 1. The van der Waals surface area contributed by atoms with Crippen molar-refractivity contribution in [2.24, 2.45) is 5.92 Å². The molecule has 0 aliphatic heterocycles. The molecule has 1 fully saturated rings. The van der Waals surface area contributed by atoms with E-state index in [0.717, 1.165) is 12.0 Å². The molecule has 0 N–H and O–H groups in total. The summed E-state index contributed by atoms with van der Waals surface area (Å²) in [4.78, 5) is 14.5. The number of carbonyl (C=O) groups is 1. The third-order valence-corrected chi connectivity index (χ3v) is 3.81. The first-order valence-electron chi connectivity index (χ1n) is 7.86. The fraction of sp³-hybridized carbons (Fsp3) is 0.611. The lowest BCUT2D eigenvalue weighted by atomic mass is 10.0. The van der Waals surface area contributed by atoms with Crippen LogP contribution in [0, 0.1) is 5.92 Å². The highest BCUT2D eigenvalue weighted by atomic mass is 16.2. The van der Waals surface area contributed by atoms with Gasteiger partial charge in [0.05, 0.1) is 6.42 Å². The topological polar surface area (TPSA) is 20.3 Å². The SMILES string of the molecule is CC(C)Cc1ccc(CC(=O)N(C(C)C)C2CC2)cc1. The van der Waals surface area contributed by atoms with Gasteiger partial charge >= 0.3 is 0 Å². The van der Waals surface area contributed by atoms with Crippen molar-refractivity contribution < 1.29 is 4.79 Å². The average Bonchev–Trinajstić information content (AvgIpc) is 3.15. The summed E-state index contributed by atoms with van der Waals surface area (Å²) in [5.41, 5.74) is 2.49. The number of amides is 1. The largest absolute Gasteiger partial charge is 0.337 e. The molecule has 0 spiro atoms. The van der Waals surface area contributed by atoms with Crippen molar-refractivity contribution in [2.75, 3.05) is 0 Å². The fourth-order valence-electron chi connectivity index (χ4n) is 2.80. The Balaban J connectivity index is 1.96. The van der Waals surface area contributed by atoms with Crippen LogP contribution in [0.15, 0.2) is 24.3 Å². The van der Waals surface area contributed by atoms with Gasteiger partial charge in [0.15, 0.2) is 0 Å². The van der Waals surface area contributed by atoms with E-state index in [1.807, 2.05) is 0 Å². The monoisotopic (exact) mass is 273 g/mol. The summed E-state index contributed by atoms with van der Waals surface area (Å²) in [5, 5.41) is 0. The van der Waals surface area contributed by atoms with Crippen LogP contribution in [0.1, 0.15) is 51.7 Å². The Bertz CT molecular complexity index is 441. The molecule has 2 heteroatoms. The molecular weight excluding hydrogens is 246 g/mol. The van der Waals surface area contributed by atoms with Crippen LogP contribution >= 0.6 is 0 Å². The van der Waals surface area contributed by atoms with E-state index in [2.05, 4.69) is 56.9 Å². The van der Waals surface area contributed by atoms with Crippen LogP contribution in [-0.2, 0) is 17.6 Å². The van der Waals surface area contributed by atoms with Crippen molar-refractivity contribution in [1.29, 1.82) is 0 Å². The highest BCUT2D eigenvalue weighted by Gasteiger charge is 2.33. The van der Waals surface area contributed by atoms with Gasteiger partial charge in [-0.05, 0) is 50.2 Å². The van der Waals surface area contributed by atoms with Gasteiger partial charge in [0.2, 0.25) is 5.91 Å². The maximum absolute atomic E-state index is 12.4. The first-order chi connectivity index (χ1) is 9.47. The smallest absolute Gasteiger partial charge is 0.227 e. The Kier molecular flexibility index (Phi) is 4.85. The molecule has 1 saturated carbocycles. The summed E-state index contributed by atoms with van der Waals surface area (Å²) < 4.78 is 0. The maximum Gasteiger partial charge on any atom is 0.227 e. The molecule has 0 aromatic heterocycles. The molecule has 0 radical (unpaired) electrons. The van der Waals surface area contributed by atoms with E-state index in [0.29, 0.717) is 24.4 Å². The van der Waals surface area contributed by atoms with Gasteiger partial charge in [-0.2, -0.15) is 0 Å². The standard InChI is InChI=1S/C18H27NO/c1-13(2)11-15-5-7-16(8-6-15)12-18(20)19(14(3)4)17-9-10-17/h5-8,13-14,17H,9-12H2,1-4H3. The van der Waals surface area contributed by atoms with E-state index in [1.165, 1.54) is 18.4 Å². The second kappa shape index (κ2) is 6.43. The van der Waals surface area contributed by atoms with Gasteiger partial charge in [0, 0.05) is 12.1 Å². The molecule has 0 bridgehead atoms. The summed E-state index contributed by atoms with van der Waals surface area (Å²) in [6.45, 7) is 8.69. The number of rotatable bonds is 6. The zero-order valence-corrected chi connectivity index (χ0v) is 13.2. The number of benzene rings is 1. The van der Waals surface area contributed by atoms with Crippen LogP contribution in [0.3, 0.4) is 0 Å². The van der Waals surface area contributed by atoms with E-state index in [-0.39, 0.29) is 5.91 Å². The van der Waals surface area contributed by atoms with Gasteiger partial charge in [-0.3, -0.25) is 4.79 Å². The summed E-state index contributed by atoms with van der Waals surface area (Å²) >= 11 is 0. The van der Waals surface area contributed by atoms with E-state index in [1.54, 1.807) is 0 Å². The second-order valence-corrected chi connectivity index (χ2v) is 6.72. The van der Waals surface area contributed by atoms with Crippen molar-refractivity contribution in [3.8, 4) is 0 Å². The lowest BCUT2D eigenvalue weighted by molar-refractivity contribution is -0.132. The Morgan fingerprint density at radius 3 is 2.10 bits per heavy atom. The van der Waals surface area contributed by atoms with Gasteiger partial charge in [0.1, 0.15) is 0 Å². The molecule has 2 rings (SSSR count). The summed E-state index contributed by atoms with van der Waals surface area (Å²) in [5.74, 6) is 0.952. The van der Waals surface area contributed by atoms with Crippen LogP contribution in [0.25, 0.3) is 0 Å². The second-order valence-electron chi connectivity index (χ2n) is 6.72. The van der Waals surface area contributed by atoms with Crippen molar-refractivity contribution >= 4 is 5.91 Å². The zero-order chi connectivity index (χ0) is 14.7. The molecule has 0 heterocycles. The Hall–Kier alpha value is -1.31. The van der Waals surface area contributed by atoms with Gasteiger partial charge < -0.3 is 4.90 Å². The van der Waals surface area contributed by atoms with Crippen molar-refractivity contribution in [3.63, 3.8) is 0 Å². The summed E-state index contributed by atoms with van der Waals surface area (Å²) in [6.07, 6.45) is 4.00. The predicted octanol–water partition coefficient (Wildman–Crippen LogP) is 3.83. The van der Waals surface area contributed by atoms with Gasteiger partial charge in [-0.1, -0.05) is 38.1 Å². The fourth-order valence-corrected chi connectivity index (χ4v) is 2.80. The van der Waals surface area contributed by atoms with Crippen LogP contribution in [0.5, 0.6) is 0 Å². The van der Waals surface area contributed by atoms with E-state index < -0.39 is 0 Å². The van der Waals surface area contributed by atoms with Crippen molar-refractivity contribution in [3.05, 3.63) is 35.4 Å². The third kappa shape index (κ3) is 4.09. The third-order valence-electron chi connectivity index (χ3n) is 3.81. The summed E-state index contributed by atoms with van der Waals surface area (Å²) in [6, 6.07) is 9.37. The van der Waals surface area contributed by atoms with Crippen LogP contribution < -0.4 is 0 Å². The van der Waals surface area contributed by atoms with Crippen LogP contribution in [-0.4, -0.2) is 22.9 Å². The van der Waals surface area contributed by atoms with Crippen LogP contribution in [0.4, 0.5) is 0 Å². The maximum atomic E-state index is 12.4. The quantitative estimate of drug-likeness (QED) is 0.771. The molecule has 1 aliphatic rings. The minimum absolute atomic E-state index is 0.277. The lowest BCUT2D eigenvalue weighted by Gasteiger charge is -2.26. The molecular formula is C18H27NO. The molecule has 0 unspecified atom stereocenters. The van der Waals surface area contributed by atoms with Gasteiger partial charge in [0.25, 0.3) is 0 Å². The Morgan fingerprint density at radius 2 is 1.65 bits per heavy atom. The lowest BCUT2D eigenvalue weighted by Crippen LogP contribution is -2.39. The summed E-state index contributed by atoms with van der Waals surface area (Å²) in [7, 11) is 0. The Morgan fingerprint density at radius 1 is 1.10 bits per heavy atom. The average molecular weight is 273 g/mol. The van der Waals surface area contributed by atoms with E-state index >= 15 is 0 Å². The van der Waals surface area contributed by atoms with E-state index in [4.69, 9.17) is 0 Å². The van der Waals surface area contributed by atoms with Crippen molar-refractivity contribution in [2.45, 2.75) is 65.5 Å². The molecule has 20 heavy (non-hydrogen) atoms. The van der Waals surface area contributed by atoms with Crippen LogP contribution in [0.2, 0.25) is 0 Å². The first-order valence-corrected chi connectivity index (χ1v) is 7.86. The molecule has 110 valence electrons. The van der Waals surface area contributed by atoms with E-state index in [9.17, 15) is 4.79 Å². The molecule has 2 nitrogen and oxygen atoms in total. The molecule has 0 saturated heterocycles. The molecule has 1 amide bonds. The molecule has 1 aliphatic carbocycles. The number of carbonyl (C=O) groups excluding carboxylic acids is 1. The minimum Gasteiger partial charge on any atom is -0.337 e. The zero-order valence-electron chi connectivity index (χ0n) is 13.2. The number of hydrogen-bond donors (Lipinski definition) is 0. The first kappa shape index (κ1) is 15.1. The molecule has 1 aromatic carbocycles. The van der Waals surface area contributed by atoms with Crippen molar-refractivity contribution in [1.82, 2.24) is 4.90 Å². The van der Waals surface area contributed by atoms with Gasteiger partial charge in [-0.15, -0.1) is 0 Å². The normalized spacial score (nSPS) is 14.9. The minimum atomic E-state index is 0.277. The van der Waals surface area contributed by atoms with Gasteiger partial charge in [-0.25, -0.2) is 0 Å². The highest BCUT2D eigenvalue weighted by Crippen LogP contribution is 2.29.